The van der Waals surface area contributed by atoms with Crippen molar-refractivity contribution in [3.8, 4) is 0 Å². The highest BCUT2D eigenvalue weighted by Gasteiger charge is 2.78. The summed E-state index contributed by atoms with van der Waals surface area (Å²) in [6.45, 7) is 16.6. The van der Waals surface area contributed by atoms with E-state index in [9.17, 15) is 19.5 Å². The van der Waals surface area contributed by atoms with Crippen molar-refractivity contribution in [2.24, 2.45) is 17.8 Å². The molecule has 3 fully saturated rings. The van der Waals surface area contributed by atoms with Crippen LogP contribution in [0.15, 0.2) is 25.3 Å². The van der Waals surface area contributed by atoms with Gasteiger partial charge < -0.3 is 24.5 Å². The van der Waals surface area contributed by atoms with Gasteiger partial charge in [-0.1, -0.05) is 45.8 Å². The van der Waals surface area contributed by atoms with Gasteiger partial charge in [0.25, 0.3) is 0 Å². The van der Waals surface area contributed by atoms with E-state index in [1.807, 2.05) is 20.8 Å². The molecule has 3 rings (SSSR count). The second kappa shape index (κ2) is 11.1. The Bertz CT molecular complexity index is 877. The first-order chi connectivity index (χ1) is 17.1. The van der Waals surface area contributed by atoms with Crippen molar-refractivity contribution >= 4 is 17.7 Å². The predicted molar refractivity (Wildman–Crippen MR) is 139 cm³/mol. The Hall–Kier alpha value is -2.19. The summed E-state index contributed by atoms with van der Waals surface area (Å²) in [5.74, 6) is -2.08. The van der Waals surface area contributed by atoms with E-state index in [4.69, 9.17) is 4.74 Å². The number of fused-ring (bicyclic) bond motifs is 1. The van der Waals surface area contributed by atoms with E-state index >= 15 is 0 Å². The minimum atomic E-state index is -1.09. The SMILES string of the molecule is C=CCN(C)C(=O)[C@@H]1[C@H]2C(=O)N([C@@H](CO)[C@@H](C)CC)C(C(=O)N(CC=C)CCCC)C23CC[C@@]1(C)O3. The van der Waals surface area contributed by atoms with Gasteiger partial charge in [-0.15, -0.1) is 13.2 Å². The normalized spacial score (nSPS) is 32.2. The number of carbonyl (C=O) groups excluding carboxylic acids is 3. The summed E-state index contributed by atoms with van der Waals surface area (Å²) in [5.41, 5.74) is -1.92. The number of nitrogens with zero attached hydrogens (tertiary/aromatic N) is 3. The molecule has 1 spiro atoms. The van der Waals surface area contributed by atoms with E-state index in [-0.39, 0.29) is 30.2 Å². The quantitative estimate of drug-likeness (QED) is 0.390. The summed E-state index contributed by atoms with van der Waals surface area (Å²) in [4.78, 5) is 47.2. The van der Waals surface area contributed by atoms with Crippen LogP contribution < -0.4 is 0 Å². The van der Waals surface area contributed by atoms with Gasteiger partial charge in [0.15, 0.2) is 0 Å². The van der Waals surface area contributed by atoms with Crippen LogP contribution in [0.1, 0.15) is 59.8 Å². The number of aliphatic hydroxyl groups is 1. The van der Waals surface area contributed by atoms with Gasteiger partial charge in [0.1, 0.15) is 11.6 Å². The molecule has 0 aromatic rings. The Balaban J connectivity index is 2.14. The first-order valence-corrected chi connectivity index (χ1v) is 13.5. The number of likely N-dealkylation sites (tertiary alicyclic amines) is 1. The molecule has 8 heteroatoms. The number of unbranched alkanes of at least 4 members (excludes halogenated alkanes) is 1. The van der Waals surface area contributed by atoms with Gasteiger partial charge >= 0.3 is 0 Å². The third-order valence-electron chi connectivity index (χ3n) is 8.78. The molecule has 0 aromatic heterocycles. The molecule has 0 radical (unpaired) electrons. The maximum Gasteiger partial charge on any atom is 0.248 e. The number of amides is 3. The zero-order valence-electron chi connectivity index (χ0n) is 22.7. The summed E-state index contributed by atoms with van der Waals surface area (Å²) in [6.07, 6.45) is 6.97. The smallest absolute Gasteiger partial charge is 0.248 e. The second-order valence-electron chi connectivity index (χ2n) is 11.0. The molecule has 0 aliphatic carbocycles. The van der Waals surface area contributed by atoms with Crippen LogP contribution in [0, 0.1) is 17.8 Å². The monoisotopic (exact) mass is 503 g/mol. The van der Waals surface area contributed by atoms with Crippen LogP contribution in [0.5, 0.6) is 0 Å². The van der Waals surface area contributed by atoms with Crippen molar-refractivity contribution < 1.29 is 24.2 Å². The molecule has 3 aliphatic heterocycles. The molecule has 3 saturated heterocycles. The third kappa shape index (κ3) is 4.40. The standard InChI is InChI=1S/C28H45N3O5/c1-8-12-17-30(16-10-3)26(35)23-28-14-13-27(6,36-28)21(24(33)29(7)15-9-2)22(28)25(34)31(23)20(18-32)19(5)11-4/h9-10,19-23,32H,2-3,8,11-18H2,1,4-7H3/t19-,20-,21-,22-,23?,27+,28?/m0/s1. The average Bonchev–Trinajstić information content (AvgIpc) is 3.42. The predicted octanol–water partition coefficient (Wildman–Crippen LogP) is 2.62. The Morgan fingerprint density at radius 1 is 1.22 bits per heavy atom. The molecule has 3 aliphatic rings. The van der Waals surface area contributed by atoms with Gasteiger partial charge in [-0.2, -0.15) is 0 Å². The van der Waals surface area contributed by atoms with Crippen molar-refractivity contribution in [1.82, 2.24) is 14.7 Å². The van der Waals surface area contributed by atoms with Gasteiger partial charge in [0.05, 0.1) is 30.1 Å². The van der Waals surface area contributed by atoms with Crippen molar-refractivity contribution in [2.75, 3.05) is 33.3 Å². The fraction of sp³-hybridized carbons (Fsp3) is 0.750. The molecule has 3 amide bonds. The number of carbonyl (C=O) groups is 3. The topological polar surface area (TPSA) is 90.4 Å². The summed E-state index contributed by atoms with van der Waals surface area (Å²) in [7, 11) is 1.71. The van der Waals surface area contributed by atoms with Crippen molar-refractivity contribution in [1.29, 1.82) is 0 Å². The summed E-state index contributed by atoms with van der Waals surface area (Å²) in [6, 6.07) is -1.42. The summed E-state index contributed by atoms with van der Waals surface area (Å²) < 4.78 is 6.72. The number of hydrogen-bond donors (Lipinski definition) is 1. The lowest BCUT2D eigenvalue weighted by Crippen LogP contribution is -2.60. The van der Waals surface area contributed by atoms with Gasteiger partial charge in [0.2, 0.25) is 17.7 Å². The highest BCUT2D eigenvalue weighted by molar-refractivity contribution is 5.99. The number of rotatable bonds is 13. The molecule has 2 unspecified atom stereocenters. The third-order valence-corrected chi connectivity index (χ3v) is 8.78. The number of hydrogen-bond acceptors (Lipinski definition) is 5. The van der Waals surface area contributed by atoms with Crippen molar-refractivity contribution in [3.05, 3.63) is 25.3 Å². The minimum absolute atomic E-state index is 0.0293. The number of likely N-dealkylation sites (N-methyl/N-ethyl adjacent to an activating group) is 1. The van der Waals surface area contributed by atoms with E-state index in [2.05, 4.69) is 20.1 Å². The van der Waals surface area contributed by atoms with Crippen LogP contribution in [0.25, 0.3) is 0 Å². The van der Waals surface area contributed by atoms with E-state index < -0.39 is 35.1 Å². The van der Waals surface area contributed by atoms with Crippen LogP contribution >= 0.6 is 0 Å². The summed E-state index contributed by atoms with van der Waals surface area (Å²) in [5, 5.41) is 10.4. The number of ether oxygens (including phenoxy) is 1. The first-order valence-electron chi connectivity index (χ1n) is 13.5. The van der Waals surface area contributed by atoms with Crippen LogP contribution in [0.2, 0.25) is 0 Å². The van der Waals surface area contributed by atoms with Crippen LogP contribution in [-0.2, 0) is 19.1 Å². The molecule has 0 aromatic carbocycles. The van der Waals surface area contributed by atoms with Gasteiger partial charge in [-0.05, 0) is 32.1 Å². The highest BCUT2D eigenvalue weighted by atomic mass is 16.5. The van der Waals surface area contributed by atoms with Gasteiger partial charge in [-0.3, -0.25) is 14.4 Å². The first kappa shape index (κ1) is 28.4. The maximum absolute atomic E-state index is 14.3. The molecule has 7 atom stereocenters. The van der Waals surface area contributed by atoms with Gasteiger partial charge in [-0.25, -0.2) is 0 Å². The highest BCUT2D eigenvalue weighted by Crippen LogP contribution is 2.64. The van der Waals surface area contributed by atoms with E-state index in [0.717, 1.165) is 19.3 Å². The van der Waals surface area contributed by atoms with E-state index in [1.165, 1.54) is 0 Å². The van der Waals surface area contributed by atoms with Crippen LogP contribution in [-0.4, -0.2) is 94.1 Å². The molecule has 202 valence electrons. The molecule has 1 N–H and O–H groups in total. The number of aliphatic hydroxyl groups excluding tert-OH is 1. The Morgan fingerprint density at radius 2 is 1.89 bits per heavy atom. The summed E-state index contributed by atoms with van der Waals surface area (Å²) >= 11 is 0. The fourth-order valence-corrected chi connectivity index (χ4v) is 6.68. The Morgan fingerprint density at radius 3 is 2.44 bits per heavy atom. The lowest BCUT2D eigenvalue weighted by molar-refractivity contribution is -0.157. The van der Waals surface area contributed by atoms with Crippen molar-refractivity contribution in [3.63, 3.8) is 0 Å². The molecule has 8 nitrogen and oxygen atoms in total. The fourth-order valence-electron chi connectivity index (χ4n) is 6.68. The molecule has 36 heavy (non-hydrogen) atoms. The molecule has 2 bridgehead atoms. The largest absolute Gasteiger partial charge is 0.394 e. The zero-order valence-corrected chi connectivity index (χ0v) is 22.7. The second-order valence-corrected chi connectivity index (χ2v) is 11.0. The lowest BCUT2D eigenvalue weighted by Gasteiger charge is -2.41. The molecule has 0 saturated carbocycles. The Labute approximate surface area is 216 Å². The van der Waals surface area contributed by atoms with Crippen molar-refractivity contribution in [2.45, 2.75) is 83.1 Å². The van der Waals surface area contributed by atoms with Gasteiger partial charge in [0, 0.05) is 26.7 Å². The maximum atomic E-state index is 14.3. The Kier molecular flexibility index (Phi) is 8.71. The van der Waals surface area contributed by atoms with E-state index in [0.29, 0.717) is 32.5 Å². The molecular formula is C28H45N3O5. The minimum Gasteiger partial charge on any atom is -0.394 e. The zero-order chi connectivity index (χ0) is 26.8. The van der Waals surface area contributed by atoms with Crippen LogP contribution in [0.3, 0.4) is 0 Å². The van der Waals surface area contributed by atoms with Crippen LogP contribution in [0.4, 0.5) is 0 Å². The average molecular weight is 504 g/mol. The lowest BCUT2D eigenvalue weighted by atomic mass is 9.66. The molecule has 3 heterocycles. The molecular weight excluding hydrogens is 458 g/mol. The van der Waals surface area contributed by atoms with E-state index in [1.54, 1.807) is 33.9 Å².